The highest BCUT2D eigenvalue weighted by Crippen LogP contribution is 2.31. The van der Waals surface area contributed by atoms with Gasteiger partial charge in [0.15, 0.2) is 0 Å². The predicted molar refractivity (Wildman–Crippen MR) is 98.4 cm³/mol. The molecule has 1 atom stereocenters. The molecule has 1 amide bonds. The molecule has 6 heteroatoms. The van der Waals surface area contributed by atoms with Crippen LogP contribution in [0.1, 0.15) is 43.0 Å². The number of fused-ring (bicyclic) bond motifs is 1. The number of nitriles is 1. The Morgan fingerprint density at radius 3 is 2.84 bits per heavy atom. The first kappa shape index (κ1) is 17.4. The number of anilines is 1. The van der Waals surface area contributed by atoms with Crippen molar-refractivity contribution in [2.45, 2.75) is 49.3 Å². The smallest absolute Gasteiger partial charge is 0.237 e. The minimum absolute atomic E-state index is 0.0814. The number of aryl methyl sites for hydroxylation is 2. The molecule has 2 heterocycles. The van der Waals surface area contributed by atoms with Crippen LogP contribution < -0.4 is 5.32 Å². The predicted octanol–water partition coefficient (Wildman–Crippen LogP) is 3.74. The lowest BCUT2D eigenvalue weighted by Gasteiger charge is -2.19. The van der Waals surface area contributed by atoms with Crippen molar-refractivity contribution in [3.8, 4) is 6.07 Å². The molecule has 25 heavy (non-hydrogen) atoms. The summed E-state index contributed by atoms with van der Waals surface area (Å²) in [4.78, 5) is 21.2. The zero-order valence-corrected chi connectivity index (χ0v) is 15.0. The Balaban J connectivity index is 1.79. The van der Waals surface area contributed by atoms with Crippen molar-refractivity contribution < 1.29 is 4.79 Å². The number of hydrogen-bond acceptors (Lipinski definition) is 5. The zero-order chi connectivity index (χ0) is 17.6. The van der Waals surface area contributed by atoms with E-state index in [2.05, 4.69) is 16.4 Å². The number of carbonyl (C=O) groups excluding carboxylic acids is 1. The molecule has 0 aliphatic heterocycles. The Morgan fingerprint density at radius 2 is 2.12 bits per heavy atom. The first-order valence-electron chi connectivity index (χ1n) is 8.51. The fourth-order valence-corrected chi connectivity index (χ4v) is 3.90. The maximum atomic E-state index is 12.6. The zero-order valence-electron chi connectivity index (χ0n) is 14.2. The Kier molecular flexibility index (Phi) is 5.67. The normalized spacial score (nSPS) is 14.2. The molecule has 0 saturated heterocycles. The highest BCUT2D eigenvalue weighted by Gasteiger charge is 2.22. The van der Waals surface area contributed by atoms with Crippen LogP contribution in [0.3, 0.4) is 0 Å². The third kappa shape index (κ3) is 4.18. The molecular formula is C19H20N4OS. The quantitative estimate of drug-likeness (QED) is 0.829. The number of pyridine rings is 2. The van der Waals surface area contributed by atoms with E-state index in [4.69, 9.17) is 4.98 Å². The van der Waals surface area contributed by atoms with Crippen molar-refractivity contribution in [2.24, 2.45) is 0 Å². The lowest BCUT2D eigenvalue weighted by atomic mass is 9.95. The maximum Gasteiger partial charge on any atom is 0.237 e. The van der Waals surface area contributed by atoms with Gasteiger partial charge in [-0.15, -0.1) is 0 Å². The molecule has 0 fully saturated rings. The number of carbonyl (C=O) groups is 1. The number of aromatic nitrogens is 2. The SMILES string of the molecule is CCC(Sc1nc2c(cc1C#N)CCCC2)C(=O)Nc1ccncc1. The second-order valence-corrected chi connectivity index (χ2v) is 7.20. The number of hydrogen-bond donors (Lipinski definition) is 1. The van der Waals surface area contributed by atoms with Crippen molar-refractivity contribution in [2.75, 3.05) is 5.32 Å². The molecule has 2 aromatic heterocycles. The van der Waals surface area contributed by atoms with Gasteiger partial charge in [0.2, 0.25) is 5.91 Å². The van der Waals surface area contributed by atoms with Gasteiger partial charge in [-0.25, -0.2) is 4.98 Å². The van der Waals surface area contributed by atoms with Gasteiger partial charge in [-0.2, -0.15) is 5.26 Å². The maximum absolute atomic E-state index is 12.6. The third-order valence-corrected chi connectivity index (χ3v) is 5.62. The van der Waals surface area contributed by atoms with Crippen LogP contribution in [0.15, 0.2) is 35.6 Å². The van der Waals surface area contributed by atoms with Gasteiger partial charge in [0.1, 0.15) is 11.1 Å². The van der Waals surface area contributed by atoms with Crippen LogP contribution >= 0.6 is 11.8 Å². The molecule has 128 valence electrons. The molecule has 0 spiro atoms. The number of nitrogens with zero attached hydrogens (tertiary/aromatic N) is 3. The summed E-state index contributed by atoms with van der Waals surface area (Å²) in [6.07, 6.45) is 8.17. The number of thioether (sulfide) groups is 1. The Hall–Kier alpha value is -2.39. The lowest BCUT2D eigenvalue weighted by Crippen LogP contribution is -2.25. The summed E-state index contributed by atoms with van der Waals surface area (Å²) in [5.41, 5.74) is 3.55. The third-order valence-electron chi connectivity index (χ3n) is 4.25. The van der Waals surface area contributed by atoms with Crippen LogP contribution in [0, 0.1) is 11.3 Å². The van der Waals surface area contributed by atoms with E-state index in [1.165, 1.54) is 17.3 Å². The summed E-state index contributed by atoms with van der Waals surface area (Å²) >= 11 is 1.38. The van der Waals surface area contributed by atoms with Crippen molar-refractivity contribution in [3.05, 3.63) is 47.4 Å². The Morgan fingerprint density at radius 1 is 1.36 bits per heavy atom. The van der Waals surface area contributed by atoms with E-state index in [1.54, 1.807) is 24.5 Å². The van der Waals surface area contributed by atoms with Crippen molar-refractivity contribution >= 4 is 23.4 Å². The fourth-order valence-electron chi connectivity index (χ4n) is 2.90. The van der Waals surface area contributed by atoms with Gasteiger partial charge in [0, 0.05) is 23.8 Å². The van der Waals surface area contributed by atoms with Crippen LogP contribution in [-0.4, -0.2) is 21.1 Å². The minimum atomic E-state index is -0.297. The first-order valence-corrected chi connectivity index (χ1v) is 9.39. The minimum Gasteiger partial charge on any atom is -0.325 e. The van der Waals surface area contributed by atoms with Crippen LogP contribution in [0.25, 0.3) is 0 Å². The molecule has 0 bridgehead atoms. The van der Waals surface area contributed by atoms with E-state index in [0.29, 0.717) is 17.0 Å². The second kappa shape index (κ2) is 8.13. The topological polar surface area (TPSA) is 78.7 Å². The fraction of sp³-hybridized carbons (Fsp3) is 0.368. The van der Waals surface area contributed by atoms with E-state index in [0.717, 1.165) is 37.1 Å². The molecular weight excluding hydrogens is 332 g/mol. The Bertz CT molecular complexity index is 801. The van der Waals surface area contributed by atoms with E-state index in [-0.39, 0.29) is 11.2 Å². The molecule has 0 radical (unpaired) electrons. The van der Waals surface area contributed by atoms with Crippen molar-refractivity contribution in [1.82, 2.24) is 9.97 Å². The summed E-state index contributed by atoms with van der Waals surface area (Å²) in [5, 5.41) is 12.7. The van der Waals surface area contributed by atoms with Gasteiger partial charge < -0.3 is 5.32 Å². The summed E-state index contributed by atoms with van der Waals surface area (Å²) < 4.78 is 0. The first-order chi connectivity index (χ1) is 12.2. The van der Waals surface area contributed by atoms with E-state index in [9.17, 15) is 10.1 Å². The number of nitrogens with one attached hydrogen (secondary N) is 1. The highest BCUT2D eigenvalue weighted by molar-refractivity contribution is 8.00. The van der Waals surface area contributed by atoms with Crippen LogP contribution in [0.2, 0.25) is 0 Å². The number of amides is 1. The molecule has 5 nitrogen and oxygen atoms in total. The Labute approximate surface area is 151 Å². The van der Waals surface area contributed by atoms with Crippen molar-refractivity contribution in [3.63, 3.8) is 0 Å². The second-order valence-electron chi connectivity index (χ2n) is 6.01. The average Bonchev–Trinajstić information content (AvgIpc) is 2.66. The van der Waals surface area contributed by atoms with Crippen LogP contribution in [-0.2, 0) is 17.6 Å². The molecule has 0 saturated carbocycles. The molecule has 3 rings (SSSR count). The lowest BCUT2D eigenvalue weighted by molar-refractivity contribution is -0.115. The monoisotopic (exact) mass is 352 g/mol. The van der Waals surface area contributed by atoms with Gasteiger partial charge in [-0.05, 0) is 55.9 Å². The van der Waals surface area contributed by atoms with Gasteiger partial charge in [0.25, 0.3) is 0 Å². The number of rotatable bonds is 5. The molecule has 0 aromatic carbocycles. The summed E-state index contributed by atoms with van der Waals surface area (Å²) in [6.45, 7) is 1.97. The van der Waals surface area contributed by atoms with E-state index < -0.39 is 0 Å². The largest absolute Gasteiger partial charge is 0.325 e. The van der Waals surface area contributed by atoms with Crippen LogP contribution in [0.4, 0.5) is 5.69 Å². The van der Waals surface area contributed by atoms with Gasteiger partial charge in [-0.3, -0.25) is 9.78 Å². The van der Waals surface area contributed by atoms with E-state index in [1.807, 2.05) is 13.0 Å². The summed E-state index contributed by atoms with van der Waals surface area (Å²) in [5.74, 6) is -0.0814. The van der Waals surface area contributed by atoms with Gasteiger partial charge >= 0.3 is 0 Å². The molecule has 1 aliphatic rings. The average molecular weight is 352 g/mol. The summed E-state index contributed by atoms with van der Waals surface area (Å²) in [6, 6.07) is 7.71. The standard InChI is InChI=1S/C19H20N4OS/c1-2-17(18(24)22-15-7-9-21-10-8-15)25-19-14(12-20)11-13-5-3-4-6-16(13)23-19/h7-11,17H,2-6H2,1H3,(H,21,22,24). The molecule has 1 N–H and O–H groups in total. The highest BCUT2D eigenvalue weighted by atomic mass is 32.2. The molecule has 1 unspecified atom stereocenters. The molecule has 2 aromatic rings. The molecule has 1 aliphatic carbocycles. The van der Waals surface area contributed by atoms with Crippen LogP contribution in [0.5, 0.6) is 0 Å². The van der Waals surface area contributed by atoms with Crippen molar-refractivity contribution in [1.29, 1.82) is 5.26 Å². The van der Waals surface area contributed by atoms with Gasteiger partial charge in [-0.1, -0.05) is 18.7 Å². The van der Waals surface area contributed by atoms with E-state index >= 15 is 0 Å². The van der Waals surface area contributed by atoms with Gasteiger partial charge in [0.05, 0.1) is 10.8 Å². The summed E-state index contributed by atoms with van der Waals surface area (Å²) in [7, 11) is 0.